The van der Waals surface area contributed by atoms with Gasteiger partial charge in [0.15, 0.2) is 0 Å². The van der Waals surface area contributed by atoms with Crippen LogP contribution in [0.15, 0.2) is 29.4 Å². The molecule has 0 radical (unpaired) electrons. The van der Waals surface area contributed by atoms with Crippen LogP contribution in [-0.2, 0) is 4.79 Å². The number of carbonyl (C=O) groups excluding carboxylic acids is 1. The second-order valence-electron chi connectivity index (χ2n) is 1.92. The van der Waals surface area contributed by atoms with Crippen molar-refractivity contribution in [3.8, 4) is 0 Å². The third-order valence-corrected chi connectivity index (χ3v) is 1.97. The van der Waals surface area contributed by atoms with Crippen LogP contribution in [0.1, 0.15) is 0 Å². The molecule has 1 amide bonds. The average Bonchev–Trinajstić information content (AvgIpc) is 2.03. The van der Waals surface area contributed by atoms with E-state index < -0.39 is 0 Å². The van der Waals surface area contributed by atoms with E-state index in [1.54, 1.807) is 6.20 Å². The molecule has 0 aliphatic heterocycles. The van der Waals surface area contributed by atoms with Crippen molar-refractivity contribution in [2.24, 2.45) is 5.73 Å². The quantitative estimate of drug-likeness (QED) is 0.674. The van der Waals surface area contributed by atoms with Crippen molar-refractivity contribution < 1.29 is 4.79 Å². The maximum atomic E-state index is 10.3. The van der Waals surface area contributed by atoms with Crippen molar-refractivity contribution in [2.45, 2.75) is 5.03 Å². The standard InChI is InChI=1S/C7H8N2OS/c8-6(10)5-11-7-3-1-2-4-9-7/h1-4H,5H2,(H2,8,10). The second kappa shape index (κ2) is 3.98. The largest absolute Gasteiger partial charge is 0.369 e. The Morgan fingerprint density at radius 3 is 3.00 bits per heavy atom. The van der Waals surface area contributed by atoms with Gasteiger partial charge in [-0.2, -0.15) is 0 Å². The van der Waals surface area contributed by atoms with E-state index in [2.05, 4.69) is 4.98 Å². The Bertz CT molecular complexity index is 237. The van der Waals surface area contributed by atoms with Gasteiger partial charge in [-0.15, -0.1) is 0 Å². The van der Waals surface area contributed by atoms with Crippen LogP contribution in [0.4, 0.5) is 0 Å². The van der Waals surface area contributed by atoms with Crippen molar-refractivity contribution in [1.82, 2.24) is 4.98 Å². The molecule has 0 fully saturated rings. The Labute approximate surface area is 69.0 Å². The number of primary amides is 1. The first-order valence-electron chi connectivity index (χ1n) is 3.11. The number of amides is 1. The number of thioether (sulfide) groups is 1. The molecule has 3 nitrogen and oxygen atoms in total. The third-order valence-electron chi connectivity index (χ3n) is 1.00. The van der Waals surface area contributed by atoms with Gasteiger partial charge in [0.05, 0.1) is 10.8 Å². The fourth-order valence-corrected chi connectivity index (χ4v) is 1.18. The van der Waals surface area contributed by atoms with Crippen LogP contribution < -0.4 is 5.73 Å². The maximum absolute atomic E-state index is 10.3. The number of hydrogen-bond donors (Lipinski definition) is 1. The normalized spacial score (nSPS) is 9.45. The molecular formula is C7H8N2OS. The highest BCUT2D eigenvalue weighted by Gasteiger charge is 1.96. The lowest BCUT2D eigenvalue weighted by atomic mass is 10.5. The Morgan fingerprint density at radius 1 is 1.64 bits per heavy atom. The van der Waals surface area contributed by atoms with Crippen LogP contribution in [0, 0.1) is 0 Å². The van der Waals surface area contributed by atoms with Crippen LogP contribution in [0.5, 0.6) is 0 Å². The summed E-state index contributed by atoms with van der Waals surface area (Å²) in [5, 5.41) is 0.825. The number of hydrogen-bond acceptors (Lipinski definition) is 3. The van der Waals surface area contributed by atoms with E-state index in [0.29, 0.717) is 0 Å². The van der Waals surface area contributed by atoms with Gasteiger partial charge in [0, 0.05) is 6.20 Å². The summed E-state index contributed by atoms with van der Waals surface area (Å²) >= 11 is 1.34. The third kappa shape index (κ3) is 3.04. The van der Waals surface area contributed by atoms with E-state index in [-0.39, 0.29) is 11.7 Å². The molecule has 58 valence electrons. The maximum Gasteiger partial charge on any atom is 0.227 e. The lowest BCUT2D eigenvalue weighted by Gasteiger charge is -1.94. The topological polar surface area (TPSA) is 56.0 Å². The van der Waals surface area contributed by atoms with Crippen molar-refractivity contribution in [3.63, 3.8) is 0 Å². The monoisotopic (exact) mass is 168 g/mol. The van der Waals surface area contributed by atoms with E-state index in [0.717, 1.165) is 5.03 Å². The highest BCUT2D eigenvalue weighted by molar-refractivity contribution is 7.99. The van der Waals surface area contributed by atoms with Crippen molar-refractivity contribution in [2.75, 3.05) is 5.75 Å². The number of pyridine rings is 1. The van der Waals surface area contributed by atoms with Gasteiger partial charge in [-0.3, -0.25) is 4.79 Å². The molecule has 0 spiro atoms. The summed E-state index contributed by atoms with van der Waals surface area (Å²) in [4.78, 5) is 14.4. The van der Waals surface area contributed by atoms with Gasteiger partial charge in [0.25, 0.3) is 0 Å². The molecular weight excluding hydrogens is 160 g/mol. The first-order valence-corrected chi connectivity index (χ1v) is 4.10. The highest BCUT2D eigenvalue weighted by Crippen LogP contribution is 2.12. The zero-order chi connectivity index (χ0) is 8.10. The van der Waals surface area contributed by atoms with Gasteiger partial charge in [-0.05, 0) is 12.1 Å². The molecule has 0 atom stereocenters. The molecule has 1 aromatic heterocycles. The fourth-order valence-electron chi connectivity index (χ4n) is 0.578. The van der Waals surface area contributed by atoms with Gasteiger partial charge >= 0.3 is 0 Å². The summed E-state index contributed by atoms with van der Waals surface area (Å²) in [6, 6.07) is 5.54. The van der Waals surface area contributed by atoms with Gasteiger partial charge in [-0.25, -0.2) is 4.98 Å². The van der Waals surface area contributed by atoms with Gasteiger partial charge in [0.1, 0.15) is 0 Å². The van der Waals surface area contributed by atoms with Crippen LogP contribution in [0.3, 0.4) is 0 Å². The molecule has 0 aliphatic rings. The highest BCUT2D eigenvalue weighted by atomic mass is 32.2. The van der Waals surface area contributed by atoms with Crippen LogP contribution in [0.2, 0.25) is 0 Å². The van der Waals surface area contributed by atoms with Crippen molar-refractivity contribution in [1.29, 1.82) is 0 Å². The summed E-state index contributed by atoms with van der Waals surface area (Å²) in [6.07, 6.45) is 1.68. The van der Waals surface area contributed by atoms with Crippen molar-refractivity contribution in [3.05, 3.63) is 24.4 Å². The lowest BCUT2D eigenvalue weighted by Crippen LogP contribution is -2.13. The van der Waals surface area contributed by atoms with Gasteiger partial charge in [0.2, 0.25) is 5.91 Å². The summed E-state index contributed by atoms with van der Waals surface area (Å²) in [7, 11) is 0. The van der Waals surface area contributed by atoms with Crippen LogP contribution in [0.25, 0.3) is 0 Å². The molecule has 0 bridgehead atoms. The zero-order valence-electron chi connectivity index (χ0n) is 5.86. The van der Waals surface area contributed by atoms with Crippen LogP contribution >= 0.6 is 11.8 Å². The molecule has 11 heavy (non-hydrogen) atoms. The Morgan fingerprint density at radius 2 is 2.45 bits per heavy atom. The summed E-state index contributed by atoms with van der Waals surface area (Å²) < 4.78 is 0. The van der Waals surface area contributed by atoms with E-state index in [9.17, 15) is 4.79 Å². The molecule has 0 saturated heterocycles. The van der Waals surface area contributed by atoms with E-state index >= 15 is 0 Å². The molecule has 0 aliphatic carbocycles. The van der Waals surface area contributed by atoms with E-state index in [1.807, 2.05) is 18.2 Å². The molecule has 0 saturated carbocycles. The smallest absolute Gasteiger partial charge is 0.227 e. The van der Waals surface area contributed by atoms with Crippen molar-refractivity contribution >= 4 is 17.7 Å². The summed E-state index contributed by atoms with van der Waals surface area (Å²) in [6.45, 7) is 0. The first kappa shape index (κ1) is 8.07. The fraction of sp³-hybridized carbons (Fsp3) is 0.143. The number of aromatic nitrogens is 1. The molecule has 1 aromatic rings. The zero-order valence-corrected chi connectivity index (χ0v) is 6.67. The minimum Gasteiger partial charge on any atom is -0.369 e. The number of rotatable bonds is 3. The molecule has 2 N–H and O–H groups in total. The summed E-state index contributed by atoms with van der Waals surface area (Å²) in [5.41, 5.74) is 4.95. The summed E-state index contributed by atoms with van der Waals surface area (Å²) in [5.74, 6) is -0.0301. The van der Waals surface area contributed by atoms with Crippen LogP contribution in [-0.4, -0.2) is 16.6 Å². The number of carbonyl (C=O) groups is 1. The minimum atomic E-state index is -0.319. The predicted octanol–water partition coefficient (Wildman–Crippen LogP) is 0.659. The molecule has 1 heterocycles. The minimum absolute atomic E-state index is 0.289. The molecule has 4 heteroatoms. The molecule has 1 rings (SSSR count). The Hall–Kier alpha value is -1.03. The number of nitrogens with two attached hydrogens (primary N) is 1. The molecule has 0 unspecified atom stereocenters. The Kier molecular flexibility index (Phi) is 2.92. The second-order valence-corrected chi connectivity index (χ2v) is 2.92. The SMILES string of the molecule is NC(=O)CSc1ccccn1. The van der Waals surface area contributed by atoms with E-state index in [1.165, 1.54) is 11.8 Å². The average molecular weight is 168 g/mol. The lowest BCUT2D eigenvalue weighted by molar-refractivity contribution is -0.115. The Balaban J connectivity index is 2.45. The van der Waals surface area contributed by atoms with Gasteiger partial charge in [-0.1, -0.05) is 17.8 Å². The molecule has 0 aromatic carbocycles. The van der Waals surface area contributed by atoms with E-state index in [4.69, 9.17) is 5.73 Å². The first-order chi connectivity index (χ1) is 5.29. The number of nitrogens with zero attached hydrogens (tertiary/aromatic N) is 1. The predicted molar refractivity (Wildman–Crippen MR) is 44.2 cm³/mol. The van der Waals surface area contributed by atoms with Gasteiger partial charge < -0.3 is 5.73 Å².